The van der Waals surface area contributed by atoms with Crippen LogP contribution in [0, 0.1) is 21.7 Å². The zero-order valence-electron chi connectivity index (χ0n) is 22.8. The summed E-state index contributed by atoms with van der Waals surface area (Å²) in [6.07, 6.45) is 19.5. The minimum atomic E-state index is -0.0221. The van der Waals surface area contributed by atoms with Gasteiger partial charge in [0, 0.05) is 23.7 Å². The van der Waals surface area contributed by atoms with Crippen LogP contribution in [0.25, 0.3) is 0 Å². The number of unbranched alkanes of at least 4 members (excludes halogenated alkanes) is 8. The fourth-order valence-electron chi connectivity index (χ4n) is 8.86. The van der Waals surface area contributed by atoms with Crippen LogP contribution in [-0.2, 0) is 19.1 Å². The molecule has 4 saturated carbocycles. The maximum absolute atomic E-state index is 12.5. The molecule has 0 unspecified atom stereocenters. The van der Waals surface area contributed by atoms with Crippen LogP contribution in [0.5, 0.6) is 0 Å². The van der Waals surface area contributed by atoms with E-state index < -0.39 is 0 Å². The Bertz CT molecular complexity index is 613. The molecule has 0 aliphatic heterocycles. The maximum Gasteiger partial charge on any atom is 0.305 e. The van der Waals surface area contributed by atoms with E-state index in [0.29, 0.717) is 26.1 Å². The van der Waals surface area contributed by atoms with Crippen molar-refractivity contribution in [3.63, 3.8) is 0 Å². The quantitative estimate of drug-likeness (QED) is 0.166. The predicted molar refractivity (Wildman–Crippen MR) is 137 cm³/mol. The average Bonchev–Trinajstić information content (AvgIpc) is 2.74. The van der Waals surface area contributed by atoms with Gasteiger partial charge in [0.05, 0.1) is 13.2 Å². The van der Waals surface area contributed by atoms with Gasteiger partial charge in [-0.25, -0.2) is 0 Å². The molecule has 0 aromatic carbocycles. The van der Waals surface area contributed by atoms with Gasteiger partial charge >= 0.3 is 11.9 Å². The number of ether oxygens (including phenoxy) is 2. The van der Waals surface area contributed by atoms with Crippen molar-refractivity contribution < 1.29 is 19.1 Å². The van der Waals surface area contributed by atoms with Crippen LogP contribution >= 0.6 is 0 Å². The second kappa shape index (κ2) is 11.8. The molecule has 0 aromatic rings. The molecule has 196 valence electrons. The molecule has 34 heavy (non-hydrogen) atoms. The Morgan fingerprint density at radius 2 is 0.941 bits per heavy atom. The Hall–Kier alpha value is -1.06. The molecule has 4 bridgehead atoms. The Balaban J connectivity index is 1.53. The SMILES string of the molecule is CCCCCCCC(=O)OCC12CC3(C)CC(C)(C1)CC(COC(=O)CCCCCCC)(C3)C2. The number of carbonyl (C=O) groups excluding carboxylic acids is 2. The van der Waals surface area contributed by atoms with Gasteiger partial charge in [-0.2, -0.15) is 0 Å². The van der Waals surface area contributed by atoms with Crippen molar-refractivity contribution >= 4 is 11.9 Å². The Morgan fingerprint density at radius 1 is 0.559 bits per heavy atom. The van der Waals surface area contributed by atoms with E-state index in [1.54, 1.807) is 0 Å². The van der Waals surface area contributed by atoms with E-state index in [1.165, 1.54) is 44.9 Å². The molecule has 0 heterocycles. The molecule has 4 fully saturated rings. The summed E-state index contributed by atoms with van der Waals surface area (Å²) in [6.45, 7) is 10.4. The molecule has 0 atom stereocenters. The topological polar surface area (TPSA) is 52.6 Å². The summed E-state index contributed by atoms with van der Waals surface area (Å²) in [5.41, 5.74) is 0.649. The Morgan fingerprint density at radius 3 is 1.32 bits per heavy atom. The van der Waals surface area contributed by atoms with Gasteiger partial charge in [-0.3, -0.25) is 9.59 Å². The minimum absolute atomic E-state index is 0.0221. The zero-order chi connectivity index (χ0) is 24.7. The first-order valence-corrected chi connectivity index (χ1v) is 14.5. The van der Waals surface area contributed by atoms with Crippen molar-refractivity contribution in [2.24, 2.45) is 21.7 Å². The molecule has 4 rings (SSSR count). The summed E-state index contributed by atoms with van der Waals surface area (Å²) < 4.78 is 11.9. The van der Waals surface area contributed by atoms with E-state index in [2.05, 4.69) is 27.7 Å². The molecule has 4 aliphatic rings. The fourth-order valence-corrected chi connectivity index (χ4v) is 8.86. The summed E-state index contributed by atoms with van der Waals surface area (Å²) >= 11 is 0. The highest BCUT2D eigenvalue weighted by molar-refractivity contribution is 5.69. The van der Waals surface area contributed by atoms with Crippen molar-refractivity contribution in [1.82, 2.24) is 0 Å². The van der Waals surface area contributed by atoms with E-state index in [-0.39, 0.29) is 33.6 Å². The largest absolute Gasteiger partial charge is 0.465 e. The van der Waals surface area contributed by atoms with E-state index in [0.717, 1.165) is 57.8 Å². The maximum atomic E-state index is 12.5. The highest BCUT2D eigenvalue weighted by Crippen LogP contribution is 2.73. The molecule has 4 heteroatoms. The van der Waals surface area contributed by atoms with Crippen LogP contribution in [0.15, 0.2) is 0 Å². The molecule has 4 nitrogen and oxygen atoms in total. The third kappa shape index (κ3) is 7.47. The van der Waals surface area contributed by atoms with Crippen LogP contribution in [0.3, 0.4) is 0 Å². The molecular weight excluding hydrogens is 424 g/mol. The summed E-state index contributed by atoms with van der Waals surface area (Å²) in [7, 11) is 0. The third-order valence-corrected chi connectivity index (χ3v) is 8.86. The zero-order valence-corrected chi connectivity index (χ0v) is 22.8. The third-order valence-electron chi connectivity index (χ3n) is 8.86. The second-order valence-electron chi connectivity index (χ2n) is 13.3. The summed E-state index contributed by atoms with van der Waals surface area (Å²) in [6, 6.07) is 0. The van der Waals surface area contributed by atoms with Gasteiger partial charge < -0.3 is 9.47 Å². The molecule has 0 aromatic heterocycles. The van der Waals surface area contributed by atoms with Crippen molar-refractivity contribution in [3.05, 3.63) is 0 Å². The first kappa shape index (κ1) is 27.5. The van der Waals surface area contributed by atoms with Gasteiger partial charge in [-0.1, -0.05) is 79.1 Å². The monoisotopic (exact) mass is 476 g/mol. The lowest BCUT2D eigenvalue weighted by molar-refractivity contribution is -0.221. The number of hydrogen-bond acceptors (Lipinski definition) is 4. The van der Waals surface area contributed by atoms with E-state index in [1.807, 2.05) is 0 Å². The van der Waals surface area contributed by atoms with Gasteiger partial charge in [0.25, 0.3) is 0 Å². The van der Waals surface area contributed by atoms with Crippen LogP contribution in [0.1, 0.15) is 143 Å². The lowest BCUT2D eigenvalue weighted by Crippen LogP contribution is -2.62. The molecular formula is C30H52O4. The first-order chi connectivity index (χ1) is 16.2. The predicted octanol–water partition coefficient (Wildman–Crippen LogP) is 8.16. The fraction of sp³-hybridized carbons (Fsp3) is 0.933. The van der Waals surface area contributed by atoms with Crippen molar-refractivity contribution in [2.45, 2.75) is 143 Å². The molecule has 0 spiro atoms. The number of esters is 2. The van der Waals surface area contributed by atoms with Crippen molar-refractivity contribution in [2.75, 3.05) is 13.2 Å². The second-order valence-corrected chi connectivity index (χ2v) is 13.3. The van der Waals surface area contributed by atoms with Crippen LogP contribution in [0.2, 0.25) is 0 Å². The molecule has 0 radical (unpaired) electrons. The highest BCUT2D eigenvalue weighted by Gasteiger charge is 2.66. The average molecular weight is 477 g/mol. The highest BCUT2D eigenvalue weighted by atomic mass is 16.5. The van der Waals surface area contributed by atoms with Crippen molar-refractivity contribution in [1.29, 1.82) is 0 Å². The van der Waals surface area contributed by atoms with Gasteiger partial charge in [0.2, 0.25) is 0 Å². The van der Waals surface area contributed by atoms with Gasteiger partial charge in [0.1, 0.15) is 0 Å². The molecule has 0 amide bonds. The lowest BCUT2D eigenvalue weighted by atomic mass is 9.36. The smallest absolute Gasteiger partial charge is 0.305 e. The minimum Gasteiger partial charge on any atom is -0.465 e. The normalized spacial score (nSPS) is 33.8. The summed E-state index contributed by atoms with van der Waals surface area (Å²) in [5, 5.41) is 0. The molecule has 0 N–H and O–H groups in total. The lowest BCUT2D eigenvalue weighted by Gasteiger charge is -2.69. The van der Waals surface area contributed by atoms with Gasteiger partial charge in [-0.05, 0) is 62.2 Å². The van der Waals surface area contributed by atoms with Gasteiger partial charge in [0.15, 0.2) is 0 Å². The van der Waals surface area contributed by atoms with Crippen LogP contribution in [0.4, 0.5) is 0 Å². The molecule has 0 saturated heterocycles. The van der Waals surface area contributed by atoms with Gasteiger partial charge in [-0.15, -0.1) is 0 Å². The Labute approximate surface area is 209 Å². The number of rotatable bonds is 16. The van der Waals surface area contributed by atoms with Crippen molar-refractivity contribution in [3.8, 4) is 0 Å². The standard InChI is InChI=1S/C30H52O4/c1-5-7-9-11-13-15-25(31)33-23-29-18-27(3)17-28(4,19-29)21-30(20-27,22-29)24-34-26(32)16-14-12-10-8-6-2/h5-24H2,1-4H3. The number of hydrogen-bond donors (Lipinski definition) is 0. The summed E-state index contributed by atoms with van der Waals surface area (Å²) in [5.74, 6) is -0.0443. The van der Waals surface area contributed by atoms with E-state index in [4.69, 9.17) is 9.47 Å². The number of carbonyl (C=O) groups is 2. The summed E-state index contributed by atoms with van der Waals surface area (Å²) in [4.78, 5) is 25.0. The van der Waals surface area contributed by atoms with E-state index >= 15 is 0 Å². The van der Waals surface area contributed by atoms with E-state index in [9.17, 15) is 9.59 Å². The first-order valence-electron chi connectivity index (χ1n) is 14.5. The molecule has 4 aliphatic carbocycles. The Kier molecular flexibility index (Phi) is 9.54. The van der Waals surface area contributed by atoms with Crippen LogP contribution < -0.4 is 0 Å². The van der Waals surface area contributed by atoms with Crippen LogP contribution in [-0.4, -0.2) is 25.2 Å².